The SMILES string of the molecule is C=CCN1C(=O)C2CCCCC2C1O. The Bertz CT molecular complexity index is 252. The minimum Gasteiger partial charge on any atom is -0.373 e. The summed E-state index contributed by atoms with van der Waals surface area (Å²) in [6.45, 7) is 4.08. The van der Waals surface area contributed by atoms with Crippen LogP contribution in [-0.2, 0) is 4.79 Å². The molecule has 1 saturated carbocycles. The molecule has 1 N–H and O–H groups in total. The first-order valence-corrected chi connectivity index (χ1v) is 5.35. The van der Waals surface area contributed by atoms with Gasteiger partial charge in [-0.1, -0.05) is 18.9 Å². The second kappa shape index (κ2) is 3.73. The van der Waals surface area contributed by atoms with Gasteiger partial charge >= 0.3 is 0 Å². The number of rotatable bonds is 2. The summed E-state index contributed by atoms with van der Waals surface area (Å²) in [5.41, 5.74) is 0. The molecular weight excluding hydrogens is 178 g/mol. The number of fused-ring (bicyclic) bond motifs is 1. The van der Waals surface area contributed by atoms with E-state index in [9.17, 15) is 9.90 Å². The highest BCUT2D eigenvalue weighted by Gasteiger charge is 2.47. The van der Waals surface area contributed by atoms with Crippen molar-refractivity contribution < 1.29 is 9.90 Å². The molecule has 3 atom stereocenters. The summed E-state index contributed by atoms with van der Waals surface area (Å²) >= 11 is 0. The molecule has 3 heteroatoms. The number of nitrogens with zero attached hydrogens (tertiary/aromatic N) is 1. The zero-order chi connectivity index (χ0) is 10.1. The van der Waals surface area contributed by atoms with Crippen LogP contribution >= 0.6 is 0 Å². The summed E-state index contributed by atoms with van der Waals surface area (Å²) in [5.74, 6) is 0.386. The van der Waals surface area contributed by atoms with Crippen LogP contribution in [0.4, 0.5) is 0 Å². The van der Waals surface area contributed by atoms with E-state index in [-0.39, 0.29) is 17.7 Å². The first kappa shape index (κ1) is 9.71. The van der Waals surface area contributed by atoms with Gasteiger partial charge in [-0.05, 0) is 12.8 Å². The van der Waals surface area contributed by atoms with E-state index in [1.165, 1.54) is 0 Å². The molecule has 14 heavy (non-hydrogen) atoms. The van der Waals surface area contributed by atoms with E-state index in [4.69, 9.17) is 0 Å². The molecule has 1 aliphatic heterocycles. The minimum atomic E-state index is -0.564. The second-order valence-corrected chi connectivity index (χ2v) is 4.25. The molecule has 0 aromatic rings. The largest absolute Gasteiger partial charge is 0.373 e. The van der Waals surface area contributed by atoms with Gasteiger partial charge in [-0.15, -0.1) is 6.58 Å². The summed E-state index contributed by atoms with van der Waals surface area (Å²) in [5, 5.41) is 9.94. The number of aliphatic hydroxyl groups excluding tert-OH is 1. The Kier molecular flexibility index (Phi) is 2.59. The number of carbonyl (C=O) groups is 1. The van der Waals surface area contributed by atoms with Crippen LogP contribution in [0.5, 0.6) is 0 Å². The number of aliphatic hydroxyl groups is 1. The maximum atomic E-state index is 11.9. The molecule has 0 aromatic heterocycles. The van der Waals surface area contributed by atoms with Crippen LogP contribution in [-0.4, -0.2) is 28.7 Å². The predicted octanol–water partition coefficient (Wildman–Crippen LogP) is 1.14. The van der Waals surface area contributed by atoms with Crippen LogP contribution in [0.15, 0.2) is 12.7 Å². The number of carbonyl (C=O) groups excluding carboxylic acids is 1. The Balaban J connectivity index is 2.15. The lowest BCUT2D eigenvalue weighted by atomic mass is 9.81. The maximum Gasteiger partial charge on any atom is 0.228 e. The smallest absolute Gasteiger partial charge is 0.228 e. The predicted molar refractivity (Wildman–Crippen MR) is 53.4 cm³/mol. The molecule has 2 rings (SSSR count). The van der Waals surface area contributed by atoms with Crippen molar-refractivity contribution in [2.45, 2.75) is 31.9 Å². The Morgan fingerprint density at radius 3 is 2.86 bits per heavy atom. The van der Waals surface area contributed by atoms with Crippen molar-refractivity contribution in [3.63, 3.8) is 0 Å². The molecule has 2 fully saturated rings. The first-order chi connectivity index (χ1) is 6.75. The first-order valence-electron chi connectivity index (χ1n) is 5.35. The van der Waals surface area contributed by atoms with Crippen LogP contribution in [0, 0.1) is 11.8 Å². The van der Waals surface area contributed by atoms with Crippen molar-refractivity contribution in [3.05, 3.63) is 12.7 Å². The Hall–Kier alpha value is -0.830. The maximum absolute atomic E-state index is 11.9. The Morgan fingerprint density at radius 2 is 2.21 bits per heavy atom. The number of hydrogen-bond donors (Lipinski definition) is 1. The zero-order valence-electron chi connectivity index (χ0n) is 8.35. The highest BCUT2D eigenvalue weighted by atomic mass is 16.3. The lowest BCUT2D eigenvalue weighted by Crippen LogP contribution is -2.35. The fourth-order valence-corrected chi connectivity index (χ4v) is 2.73. The van der Waals surface area contributed by atoms with E-state index >= 15 is 0 Å². The van der Waals surface area contributed by atoms with Crippen molar-refractivity contribution in [2.75, 3.05) is 6.54 Å². The van der Waals surface area contributed by atoms with E-state index in [0.717, 1.165) is 25.7 Å². The van der Waals surface area contributed by atoms with Gasteiger partial charge in [-0.25, -0.2) is 0 Å². The lowest BCUT2D eigenvalue weighted by molar-refractivity contribution is -0.134. The van der Waals surface area contributed by atoms with Gasteiger partial charge in [0.15, 0.2) is 0 Å². The molecular formula is C11H17NO2. The van der Waals surface area contributed by atoms with Crippen LogP contribution in [0.25, 0.3) is 0 Å². The summed E-state index contributed by atoms with van der Waals surface area (Å²) in [6, 6.07) is 0. The lowest BCUT2D eigenvalue weighted by Gasteiger charge is -2.24. The van der Waals surface area contributed by atoms with E-state index < -0.39 is 6.23 Å². The average molecular weight is 195 g/mol. The van der Waals surface area contributed by atoms with Gasteiger partial charge in [-0.3, -0.25) is 4.79 Å². The third kappa shape index (κ3) is 1.36. The molecule has 1 heterocycles. The average Bonchev–Trinajstić information content (AvgIpc) is 2.45. The van der Waals surface area contributed by atoms with E-state index in [1.807, 2.05) is 0 Å². The molecule has 1 saturated heterocycles. The third-order valence-electron chi connectivity index (χ3n) is 3.45. The normalized spacial score (nSPS) is 37.1. The van der Waals surface area contributed by atoms with Gasteiger partial charge in [-0.2, -0.15) is 0 Å². The van der Waals surface area contributed by atoms with E-state index in [1.54, 1.807) is 11.0 Å². The summed E-state index contributed by atoms with van der Waals surface area (Å²) < 4.78 is 0. The van der Waals surface area contributed by atoms with E-state index in [0.29, 0.717) is 6.54 Å². The molecule has 0 bridgehead atoms. The molecule has 78 valence electrons. The minimum absolute atomic E-state index is 0.0821. The molecule has 3 unspecified atom stereocenters. The highest BCUT2D eigenvalue weighted by molar-refractivity contribution is 5.82. The van der Waals surface area contributed by atoms with Gasteiger partial charge in [0.1, 0.15) is 6.23 Å². The molecule has 1 amide bonds. The highest BCUT2D eigenvalue weighted by Crippen LogP contribution is 2.40. The summed E-state index contributed by atoms with van der Waals surface area (Å²) in [7, 11) is 0. The van der Waals surface area contributed by atoms with Gasteiger partial charge in [0.25, 0.3) is 0 Å². The number of amides is 1. The quantitative estimate of drug-likeness (QED) is 0.671. The van der Waals surface area contributed by atoms with Gasteiger partial charge < -0.3 is 10.0 Å². The van der Waals surface area contributed by atoms with Gasteiger partial charge in [0.2, 0.25) is 5.91 Å². The molecule has 1 aliphatic carbocycles. The number of likely N-dealkylation sites (tertiary alicyclic amines) is 1. The molecule has 2 aliphatic rings. The Labute approximate surface area is 84.4 Å². The van der Waals surface area contributed by atoms with Crippen molar-refractivity contribution in [1.29, 1.82) is 0 Å². The summed E-state index contributed by atoms with van der Waals surface area (Å²) in [4.78, 5) is 13.4. The van der Waals surface area contributed by atoms with Gasteiger partial charge in [0, 0.05) is 18.4 Å². The fraction of sp³-hybridized carbons (Fsp3) is 0.727. The second-order valence-electron chi connectivity index (χ2n) is 4.25. The molecule has 0 spiro atoms. The van der Waals surface area contributed by atoms with Crippen LogP contribution in [0.1, 0.15) is 25.7 Å². The standard InChI is InChI=1S/C11H17NO2/c1-2-7-12-10(13)8-5-3-4-6-9(8)11(12)14/h2,8-10,13H,1,3-7H2. The van der Waals surface area contributed by atoms with Crippen LogP contribution < -0.4 is 0 Å². The molecule has 0 aromatic carbocycles. The van der Waals surface area contributed by atoms with Crippen molar-refractivity contribution in [2.24, 2.45) is 11.8 Å². The molecule has 0 radical (unpaired) electrons. The van der Waals surface area contributed by atoms with Crippen LogP contribution in [0.3, 0.4) is 0 Å². The third-order valence-corrected chi connectivity index (χ3v) is 3.45. The van der Waals surface area contributed by atoms with Gasteiger partial charge in [0.05, 0.1) is 0 Å². The van der Waals surface area contributed by atoms with Crippen molar-refractivity contribution in [3.8, 4) is 0 Å². The van der Waals surface area contributed by atoms with Crippen molar-refractivity contribution in [1.82, 2.24) is 4.90 Å². The Morgan fingerprint density at radius 1 is 1.50 bits per heavy atom. The van der Waals surface area contributed by atoms with Crippen LogP contribution in [0.2, 0.25) is 0 Å². The fourth-order valence-electron chi connectivity index (χ4n) is 2.73. The topological polar surface area (TPSA) is 40.5 Å². The van der Waals surface area contributed by atoms with Crippen molar-refractivity contribution >= 4 is 5.91 Å². The van der Waals surface area contributed by atoms with E-state index in [2.05, 4.69) is 6.58 Å². The molecule has 3 nitrogen and oxygen atoms in total. The number of hydrogen-bond acceptors (Lipinski definition) is 2. The summed E-state index contributed by atoms with van der Waals surface area (Å²) in [6.07, 6.45) is 5.33. The zero-order valence-corrected chi connectivity index (χ0v) is 8.35. The monoisotopic (exact) mass is 195 g/mol.